The number of carbonyl (C=O) groups excluding carboxylic acids is 1. The van der Waals surface area contributed by atoms with Crippen molar-refractivity contribution in [2.24, 2.45) is 5.10 Å². The van der Waals surface area contributed by atoms with E-state index in [1.165, 1.54) is 6.21 Å². The third-order valence-electron chi connectivity index (χ3n) is 2.94. The summed E-state index contributed by atoms with van der Waals surface area (Å²) in [4.78, 5) is 11.7. The molecule has 0 aliphatic heterocycles. The van der Waals surface area contributed by atoms with Crippen molar-refractivity contribution in [2.75, 3.05) is 13.2 Å². The Morgan fingerprint density at radius 3 is 2.64 bits per heavy atom. The largest absolute Gasteiger partial charge is 0.503 e. The second-order valence-electron chi connectivity index (χ2n) is 4.82. The Balaban J connectivity index is 1.89. The predicted molar refractivity (Wildman–Crippen MR) is 102 cm³/mol. The van der Waals surface area contributed by atoms with Crippen LogP contribution in [0.25, 0.3) is 0 Å². The number of benzene rings is 2. The van der Waals surface area contributed by atoms with Gasteiger partial charge in [0.05, 0.1) is 17.3 Å². The lowest BCUT2D eigenvalue weighted by Crippen LogP contribution is -2.24. The number of hydrogen-bond donors (Lipinski definition) is 2. The van der Waals surface area contributed by atoms with Gasteiger partial charge in [-0.1, -0.05) is 15.9 Å². The van der Waals surface area contributed by atoms with Crippen molar-refractivity contribution in [1.29, 1.82) is 0 Å². The third kappa shape index (κ3) is 6.06. The van der Waals surface area contributed by atoms with E-state index in [4.69, 9.17) is 9.47 Å². The number of rotatable bonds is 7. The second-order valence-corrected chi connectivity index (χ2v) is 6.59. The van der Waals surface area contributed by atoms with Gasteiger partial charge in [-0.05, 0) is 64.8 Å². The van der Waals surface area contributed by atoms with Gasteiger partial charge < -0.3 is 14.6 Å². The quantitative estimate of drug-likeness (QED) is 0.474. The number of halogens is 2. The molecule has 2 aromatic rings. The first-order valence-corrected chi connectivity index (χ1v) is 8.93. The lowest BCUT2D eigenvalue weighted by atomic mass is 10.2. The molecule has 6 nitrogen and oxygen atoms in total. The maximum atomic E-state index is 11.7. The van der Waals surface area contributed by atoms with E-state index in [0.29, 0.717) is 28.1 Å². The van der Waals surface area contributed by atoms with Crippen LogP contribution in [-0.2, 0) is 4.79 Å². The summed E-state index contributed by atoms with van der Waals surface area (Å²) >= 11 is 6.57. The molecule has 8 heteroatoms. The number of phenolic OH excluding ortho intramolecular Hbond substituents is 1. The zero-order valence-corrected chi connectivity index (χ0v) is 16.5. The summed E-state index contributed by atoms with van der Waals surface area (Å²) < 4.78 is 12.1. The molecule has 2 aromatic carbocycles. The van der Waals surface area contributed by atoms with Gasteiger partial charge in [0.15, 0.2) is 18.1 Å². The van der Waals surface area contributed by atoms with Gasteiger partial charge in [-0.2, -0.15) is 5.10 Å². The maximum Gasteiger partial charge on any atom is 0.277 e. The number of amides is 1. The van der Waals surface area contributed by atoms with E-state index in [2.05, 4.69) is 42.4 Å². The van der Waals surface area contributed by atoms with E-state index < -0.39 is 0 Å². The fourth-order valence-electron chi connectivity index (χ4n) is 1.82. The molecule has 0 aliphatic rings. The molecule has 0 unspecified atom stereocenters. The highest BCUT2D eigenvalue weighted by Crippen LogP contribution is 2.35. The van der Waals surface area contributed by atoms with Crippen LogP contribution < -0.4 is 14.9 Å². The molecule has 25 heavy (non-hydrogen) atoms. The van der Waals surface area contributed by atoms with Gasteiger partial charge in [0.2, 0.25) is 0 Å². The SMILES string of the molecule is CCOc1cc(C=NNC(=O)COc2ccc(Br)cc2)cc(Br)c1O. The van der Waals surface area contributed by atoms with Crippen LogP contribution in [-0.4, -0.2) is 30.4 Å². The summed E-state index contributed by atoms with van der Waals surface area (Å²) in [6.07, 6.45) is 1.45. The number of hydrazone groups is 1. The minimum absolute atomic E-state index is 0.0194. The number of carbonyl (C=O) groups is 1. The molecule has 132 valence electrons. The summed E-state index contributed by atoms with van der Waals surface area (Å²) in [5, 5.41) is 13.7. The first-order chi connectivity index (χ1) is 12.0. The molecule has 0 saturated heterocycles. The Kier molecular flexibility index (Phi) is 7.27. The Bertz CT molecular complexity index is 764. The Morgan fingerprint density at radius 1 is 1.24 bits per heavy atom. The van der Waals surface area contributed by atoms with Crippen molar-refractivity contribution in [3.8, 4) is 17.2 Å². The van der Waals surface area contributed by atoms with E-state index in [0.717, 1.165) is 4.47 Å². The number of phenols is 1. The van der Waals surface area contributed by atoms with Crippen LogP contribution in [0.5, 0.6) is 17.2 Å². The average molecular weight is 472 g/mol. The van der Waals surface area contributed by atoms with E-state index in [1.54, 1.807) is 24.3 Å². The molecule has 0 saturated carbocycles. The van der Waals surface area contributed by atoms with Gasteiger partial charge in [-0.25, -0.2) is 5.43 Å². The first-order valence-electron chi connectivity index (χ1n) is 7.35. The van der Waals surface area contributed by atoms with Crippen molar-refractivity contribution in [3.63, 3.8) is 0 Å². The first kappa shape index (κ1) is 19.3. The number of ether oxygens (including phenoxy) is 2. The van der Waals surface area contributed by atoms with Crippen molar-refractivity contribution < 1.29 is 19.4 Å². The highest BCUT2D eigenvalue weighted by molar-refractivity contribution is 9.10. The van der Waals surface area contributed by atoms with Crippen molar-refractivity contribution in [2.45, 2.75) is 6.92 Å². The summed E-state index contributed by atoms with van der Waals surface area (Å²) in [6.45, 7) is 2.09. The van der Waals surface area contributed by atoms with Crippen LogP contribution in [0.1, 0.15) is 12.5 Å². The second kappa shape index (κ2) is 9.43. The lowest BCUT2D eigenvalue weighted by Gasteiger charge is -2.08. The fraction of sp³-hybridized carbons (Fsp3) is 0.176. The summed E-state index contributed by atoms with van der Waals surface area (Å²) in [5.41, 5.74) is 3.03. The zero-order valence-electron chi connectivity index (χ0n) is 13.3. The molecule has 0 fully saturated rings. The molecule has 2 N–H and O–H groups in total. The number of aromatic hydroxyl groups is 1. The lowest BCUT2D eigenvalue weighted by molar-refractivity contribution is -0.123. The minimum atomic E-state index is -0.387. The number of nitrogens with one attached hydrogen (secondary N) is 1. The van der Waals surface area contributed by atoms with Gasteiger partial charge >= 0.3 is 0 Å². The van der Waals surface area contributed by atoms with E-state index >= 15 is 0 Å². The molecule has 0 aliphatic carbocycles. The summed E-state index contributed by atoms with van der Waals surface area (Å²) in [7, 11) is 0. The predicted octanol–water partition coefficient (Wildman–Crippen LogP) is 3.85. The monoisotopic (exact) mass is 470 g/mol. The normalized spacial score (nSPS) is 10.7. The number of hydrogen-bond acceptors (Lipinski definition) is 5. The highest BCUT2D eigenvalue weighted by atomic mass is 79.9. The molecule has 0 spiro atoms. The molecule has 0 aromatic heterocycles. The molecule has 0 bridgehead atoms. The van der Waals surface area contributed by atoms with Crippen LogP contribution >= 0.6 is 31.9 Å². The molecular weight excluding hydrogens is 456 g/mol. The van der Waals surface area contributed by atoms with Crippen molar-refractivity contribution in [3.05, 3.63) is 50.9 Å². The topological polar surface area (TPSA) is 80.2 Å². The molecule has 1 amide bonds. The van der Waals surface area contributed by atoms with Crippen molar-refractivity contribution in [1.82, 2.24) is 5.43 Å². The summed E-state index contributed by atoms with van der Waals surface area (Å²) in [6, 6.07) is 10.4. The van der Waals surface area contributed by atoms with Crippen LogP contribution in [0.4, 0.5) is 0 Å². The summed E-state index contributed by atoms with van der Waals surface area (Å²) in [5.74, 6) is 0.558. The average Bonchev–Trinajstić information content (AvgIpc) is 2.59. The van der Waals surface area contributed by atoms with Crippen LogP contribution in [0, 0.1) is 0 Å². The van der Waals surface area contributed by atoms with Gasteiger partial charge in [-0.3, -0.25) is 4.79 Å². The molecule has 0 atom stereocenters. The highest BCUT2D eigenvalue weighted by Gasteiger charge is 2.08. The van der Waals surface area contributed by atoms with Crippen LogP contribution in [0.15, 0.2) is 50.4 Å². The van der Waals surface area contributed by atoms with Gasteiger partial charge in [0.1, 0.15) is 5.75 Å². The standard InChI is InChI=1S/C17H16Br2N2O4/c1-2-24-15-8-11(7-14(19)17(15)23)9-20-21-16(22)10-25-13-5-3-12(18)4-6-13/h3-9,23H,2,10H2,1H3,(H,21,22). The minimum Gasteiger partial charge on any atom is -0.503 e. The van der Waals surface area contributed by atoms with E-state index in [1.807, 2.05) is 19.1 Å². The Morgan fingerprint density at radius 2 is 1.96 bits per heavy atom. The molecule has 0 radical (unpaired) electrons. The molecular formula is C17H16Br2N2O4. The van der Waals surface area contributed by atoms with Gasteiger partial charge in [0.25, 0.3) is 5.91 Å². The van der Waals surface area contributed by atoms with Crippen LogP contribution in [0.3, 0.4) is 0 Å². The Hall–Kier alpha value is -2.06. The van der Waals surface area contributed by atoms with E-state index in [9.17, 15) is 9.90 Å². The number of nitrogens with zero attached hydrogens (tertiary/aromatic N) is 1. The van der Waals surface area contributed by atoms with Gasteiger partial charge in [0, 0.05) is 4.47 Å². The Labute approximate surface area is 162 Å². The van der Waals surface area contributed by atoms with E-state index in [-0.39, 0.29) is 18.3 Å². The molecule has 0 heterocycles. The van der Waals surface area contributed by atoms with Gasteiger partial charge in [-0.15, -0.1) is 0 Å². The van der Waals surface area contributed by atoms with Crippen LogP contribution in [0.2, 0.25) is 0 Å². The fourth-order valence-corrected chi connectivity index (χ4v) is 2.55. The maximum absolute atomic E-state index is 11.7. The molecule has 2 rings (SSSR count). The third-order valence-corrected chi connectivity index (χ3v) is 4.07. The smallest absolute Gasteiger partial charge is 0.277 e. The van der Waals surface area contributed by atoms with Crippen molar-refractivity contribution >= 4 is 44.0 Å². The zero-order chi connectivity index (χ0) is 18.2.